The summed E-state index contributed by atoms with van der Waals surface area (Å²) in [5.41, 5.74) is -0.366. The van der Waals surface area contributed by atoms with Crippen LogP contribution < -0.4 is 0 Å². The van der Waals surface area contributed by atoms with Gasteiger partial charge in [0.15, 0.2) is 0 Å². The van der Waals surface area contributed by atoms with Crippen LogP contribution in [0.2, 0.25) is 0 Å². The Morgan fingerprint density at radius 1 is 1.55 bits per heavy atom. The number of aliphatic hydroxyl groups is 1. The summed E-state index contributed by atoms with van der Waals surface area (Å²) in [6.45, 7) is 6.40. The maximum atomic E-state index is 9.96. The highest BCUT2D eigenvalue weighted by atomic mass is 16.3. The first-order valence-electron chi connectivity index (χ1n) is 4.80. The molecule has 1 rings (SSSR count). The first-order valence-corrected chi connectivity index (χ1v) is 4.80. The van der Waals surface area contributed by atoms with Gasteiger partial charge in [-0.25, -0.2) is 0 Å². The summed E-state index contributed by atoms with van der Waals surface area (Å²) in [7, 11) is 0. The summed E-state index contributed by atoms with van der Waals surface area (Å²) >= 11 is 0. The van der Waals surface area contributed by atoms with Gasteiger partial charge in [0.1, 0.15) is 0 Å². The Kier molecular flexibility index (Phi) is 2.58. The van der Waals surface area contributed by atoms with Crippen LogP contribution in [0, 0.1) is 11.8 Å². The number of unbranched alkanes of at least 4 members (excludes halogenated alkanes) is 1. The minimum absolute atomic E-state index is 0.366. The fraction of sp³-hybridized carbons (Fsp3) is 1.00. The van der Waals surface area contributed by atoms with E-state index in [1.54, 1.807) is 0 Å². The lowest BCUT2D eigenvalue weighted by molar-refractivity contribution is 0.0215. The Morgan fingerprint density at radius 2 is 2.09 bits per heavy atom. The fourth-order valence-corrected chi connectivity index (χ4v) is 1.91. The van der Waals surface area contributed by atoms with E-state index < -0.39 is 0 Å². The first-order chi connectivity index (χ1) is 5.08. The van der Waals surface area contributed by atoms with Gasteiger partial charge in [-0.3, -0.25) is 0 Å². The molecule has 0 aromatic carbocycles. The SMILES string of the molecule is CCCCC(C)(O)C1CC1C. The van der Waals surface area contributed by atoms with Crippen molar-refractivity contribution in [3.8, 4) is 0 Å². The van der Waals surface area contributed by atoms with E-state index in [1.165, 1.54) is 12.8 Å². The minimum atomic E-state index is -0.366. The Bertz CT molecular complexity index is 129. The quantitative estimate of drug-likeness (QED) is 0.663. The third-order valence-corrected chi connectivity index (χ3v) is 2.94. The molecule has 1 N–H and O–H groups in total. The lowest BCUT2D eigenvalue weighted by Crippen LogP contribution is -2.27. The summed E-state index contributed by atoms with van der Waals surface area (Å²) in [5.74, 6) is 1.36. The lowest BCUT2D eigenvalue weighted by Gasteiger charge is -2.23. The Balaban J connectivity index is 2.28. The van der Waals surface area contributed by atoms with E-state index in [2.05, 4.69) is 13.8 Å². The molecule has 3 atom stereocenters. The molecule has 1 fully saturated rings. The average Bonchev–Trinajstić information content (AvgIpc) is 2.63. The Hall–Kier alpha value is -0.0400. The van der Waals surface area contributed by atoms with Crippen LogP contribution in [0.4, 0.5) is 0 Å². The van der Waals surface area contributed by atoms with Crippen LogP contribution >= 0.6 is 0 Å². The molecule has 1 nitrogen and oxygen atoms in total. The topological polar surface area (TPSA) is 20.2 Å². The zero-order valence-corrected chi connectivity index (χ0v) is 7.93. The van der Waals surface area contributed by atoms with Crippen molar-refractivity contribution < 1.29 is 5.11 Å². The maximum absolute atomic E-state index is 9.96. The molecule has 66 valence electrons. The third kappa shape index (κ3) is 2.19. The monoisotopic (exact) mass is 156 g/mol. The highest BCUT2D eigenvalue weighted by Gasteiger charge is 2.45. The van der Waals surface area contributed by atoms with Crippen molar-refractivity contribution in [2.75, 3.05) is 0 Å². The van der Waals surface area contributed by atoms with E-state index in [1.807, 2.05) is 6.92 Å². The van der Waals surface area contributed by atoms with Crippen molar-refractivity contribution in [2.45, 2.75) is 52.1 Å². The minimum Gasteiger partial charge on any atom is -0.390 e. The summed E-state index contributed by atoms with van der Waals surface area (Å²) < 4.78 is 0. The molecular formula is C10H20O. The van der Waals surface area contributed by atoms with Crippen LogP contribution in [0.15, 0.2) is 0 Å². The average molecular weight is 156 g/mol. The van der Waals surface area contributed by atoms with Crippen LogP contribution in [0.25, 0.3) is 0 Å². The van der Waals surface area contributed by atoms with Crippen LogP contribution in [-0.2, 0) is 0 Å². The number of rotatable bonds is 4. The molecule has 1 aliphatic rings. The van der Waals surface area contributed by atoms with Crippen molar-refractivity contribution in [1.29, 1.82) is 0 Å². The zero-order chi connectivity index (χ0) is 8.48. The zero-order valence-electron chi connectivity index (χ0n) is 7.93. The largest absolute Gasteiger partial charge is 0.390 e. The van der Waals surface area contributed by atoms with E-state index in [0.717, 1.165) is 18.8 Å². The number of hydrogen-bond acceptors (Lipinski definition) is 1. The summed E-state index contributed by atoms with van der Waals surface area (Å²) in [5, 5.41) is 9.96. The van der Waals surface area contributed by atoms with Crippen molar-refractivity contribution in [3.05, 3.63) is 0 Å². The molecule has 0 spiro atoms. The van der Waals surface area contributed by atoms with Gasteiger partial charge in [0.25, 0.3) is 0 Å². The van der Waals surface area contributed by atoms with Gasteiger partial charge in [-0.1, -0.05) is 26.7 Å². The van der Waals surface area contributed by atoms with Gasteiger partial charge < -0.3 is 5.11 Å². The molecule has 0 aliphatic heterocycles. The Labute approximate surface area is 69.8 Å². The second-order valence-electron chi connectivity index (χ2n) is 4.28. The lowest BCUT2D eigenvalue weighted by atomic mass is 9.93. The van der Waals surface area contributed by atoms with E-state index in [0.29, 0.717) is 5.92 Å². The second kappa shape index (κ2) is 3.14. The molecular weight excluding hydrogens is 136 g/mol. The van der Waals surface area contributed by atoms with Gasteiger partial charge in [-0.2, -0.15) is 0 Å². The van der Waals surface area contributed by atoms with Gasteiger partial charge in [0.2, 0.25) is 0 Å². The van der Waals surface area contributed by atoms with Crippen molar-refractivity contribution >= 4 is 0 Å². The van der Waals surface area contributed by atoms with Crippen molar-refractivity contribution in [2.24, 2.45) is 11.8 Å². The predicted octanol–water partition coefficient (Wildman–Crippen LogP) is 2.58. The molecule has 11 heavy (non-hydrogen) atoms. The highest BCUT2D eigenvalue weighted by Crippen LogP contribution is 2.47. The van der Waals surface area contributed by atoms with E-state index in [-0.39, 0.29) is 5.60 Å². The van der Waals surface area contributed by atoms with Crippen LogP contribution in [-0.4, -0.2) is 10.7 Å². The van der Waals surface area contributed by atoms with Gasteiger partial charge in [-0.05, 0) is 31.6 Å². The van der Waals surface area contributed by atoms with Crippen molar-refractivity contribution in [1.82, 2.24) is 0 Å². The molecule has 0 saturated heterocycles. The van der Waals surface area contributed by atoms with E-state index >= 15 is 0 Å². The Morgan fingerprint density at radius 3 is 2.45 bits per heavy atom. The standard InChI is InChI=1S/C10H20O/c1-4-5-6-10(3,11)9-7-8(9)2/h8-9,11H,4-7H2,1-3H3. The molecule has 3 unspecified atom stereocenters. The van der Waals surface area contributed by atoms with Gasteiger partial charge in [0, 0.05) is 0 Å². The van der Waals surface area contributed by atoms with Crippen LogP contribution in [0.5, 0.6) is 0 Å². The molecule has 1 saturated carbocycles. The number of hydrogen-bond donors (Lipinski definition) is 1. The molecule has 0 heterocycles. The predicted molar refractivity (Wildman–Crippen MR) is 47.4 cm³/mol. The summed E-state index contributed by atoms with van der Waals surface area (Å²) in [6.07, 6.45) is 4.57. The molecule has 1 heteroatoms. The smallest absolute Gasteiger partial charge is 0.0650 e. The maximum Gasteiger partial charge on any atom is 0.0650 e. The van der Waals surface area contributed by atoms with E-state index in [4.69, 9.17) is 0 Å². The molecule has 0 aromatic heterocycles. The van der Waals surface area contributed by atoms with Crippen molar-refractivity contribution in [3.63, 3.8) is 0 Å². The third-order valence-electron chi connectivity index (χ3n) is 2.94. The second-order valence-corrected chi connectivity index (χ2v) is 4.28. The molecule has 0 bridgehead atoms. The summed E-state index contributed by atoms with van der Waals surface area (Å²) in [6, 6.07) is 0. The molecule has 0 aromatic rings. The summed E-state index contributed by atoms with van der Waals surface area (Å²) in [4.78, 5) is 0. The molecule has 0 amide bonds. The molecule has 0 radical (unpaired) electrons. The van der Waals surface area contributed by atoms with Gasteiger partial charge in [0.05, 0.1) is 5.60 Å². The first kappa shape index (κ1) is 9.05. The fourth-order valence-electron chi connectivity index (χ4n) is 1.91. The highest BCUT2D eigenvalue weighted by molar-refractivity contribution is 4.96. The van der Waals surface area contributed by atoms with Crippen LogP contribution in [0.1, 0.15) is 46.5 Å². The van der Waals surface area contributed by atoms with Gasteiger partial charge in [-0.15, -0.1) is 0 Å². The normalized spacial score (nSPS) is 34.9. The molecule has 1 aliphatic carbocycles. The van der Waals surface area contributed by atoms with E-state index in [9.17, 15) is 5.11 Å². The van der Waals surface area contributed by atoms with Gasteiger partial charge >= 0.3 is 0 Å². The van der Waals surface area contributed by atoms with Crippen LogP contribution in [0.3, 0.4) is 0 Å².